The highest BCUT2D eigenvalue weighted by Crippen LogP contribution is 2.26. The summed E-state index contributed by atoms with van der Waals surface area (Å²) in [6.45, 7) is 1.24. The summed E-state index contributed by atoms with van der Waals surface area (Å²) in [5.41, 5.74) is 2.97. The highest BCUT2D eigenvalue weighted by molar-refractivity contribution is 5.81. The maximum Gasteiger partial charge on any atom is 0.269 e. The molecular weight excluding hydrogens is 384 g/mol. The zero-order chi connectivity index (χ0) is 20.9. The Morgan fingerprint density at radius 2 is 1.97 bits per heavy atom. The van der Waals surface area contributed by atoms with Crippen LogP contribution in [-0.2, 0) is 16.0 Å². The van der Waals surface area contributed by atoms with Gasteiger partial charge in [-0.2, -0.15) is 5.10 Å². The van der Waals surface area contributed by atoms with E-state index in [-0.39, 0.29) is 24.1 Å². The first-order chi connectivity index (χ1) is 14.6. The minimum Gasteiger partial charge on any atom is -0.376 e. The summed E-state index contributed by atoms with van der Waals surface area (Å²) in [4.78, 5) is 23.1. The standard InChI is InChI=1S/C22H22N4O4/c27-21(23-14-20-7-4-12-30-20)13-17-15-25(18-5-2-1-3-6-18)24-22(17)16-8-10-19(11-9-16)26(28)29/h1-3,5-6,8-11,15,20H,4,7,12-14H2,(H,23,27)/t20-/m0/s1. The van der Waals surface area contributed by atoms with Crippen LogP contribution in [0.4, 0.5) is 5.69 Å². The molecule has 1 saturated heterocycles. The van der Waals surface area contributed by atoms with Gasteiger partial charge in [-0.3, -0.25) is 14.9 Å². The minimum absolute atomic E-state index is 0.0112. The number of non-ortho nitro benzene ring substituents is 1. The lowest BCUT2D eigenvalue weighted by Gasteiger charge is -2.10. The van der Waals surface area contributed by atoms with E-state index >= 15 is 0 Å². The largest absolute Gasteiger partial charge is 0.376 e. The molecule has 0 bridgehead atoms. The molecule has 8 nitrogen and oxygen atoms in total. The van der Waals surface area contributed by atoms with Gasteiger partial charge in [-0.1, -0.05) is 18.2 Å². The fraction of sp³-hybridized carbons (Fsp3) is 0.273. The molecule has 1 aliphatic heterocycles. The van der Waals surface area contributed by atoms with E-state index < -0.39 is 4.92 Å². The van der Waals surface area contributed by atoms with Crippen LogP contribution in [0.2, 0.25) is 0 Å². The number of hydrogen-bond acceptors (Lipinski definition) is 5. The maximum atomic E-state index is 12.5. The Morgan fingerprint density at radius 3 is 2.63 bits per heavy atom. The van der Waals surface area contributed by atoms with Crippen molar-refractivity contribution in [1.29, 1.82) is 0 Å². The first kappa shape index (κ1) is 19.8. The number of nitro groups is 1. The summed E-state index contributed by atoms with van der Waals surface area (Å²) in [5, 5.41) is 18.5. The number of para-hydroxylation sites is 1. The highest BCUT2D eigenvalue weighted by atomic mass is 16.6. The fourth-order valence-electron chi connectivity index (χ4n) is 3.50. The number of rotatable bonds is 7. The van der Waals surface area contributed by atoms with Gasteiger partial charge in [0.05, 0.1) is 28.8 Å². The van der Waals surface area contributed by atoms with Gasteiger partial charge in [-0.05, 0) is 37.1 Å². The number of amides is 1. The second-order valence-corrected chi connectivity index (χ2v) is 7.20. The van der Waals surface area contributed by atoms with E-state index in [2.05, 4.69) is 10.4 Å². The number of nitrogens with zero attached hydrogens (tertiary/aromatic N) is 3. The molecule has 1 atom stereocenters. The number of ether oxygens (including phenoxy) is 1. The van der Waals surface area contributed by atoms with Crippen LogP contribution in [0.15, 0.2) is 60.8 Å². The van der Waals surface area contributed by atoms with Crippen LogP contribution < -0.4 is 5.32 Å². The van der Waals surface area contributed by atoms with Crippen LogP contribution in [0.5, 0.6) is 0 Å². The van der Waals surface area contributed by atoms with Crippen molar-refractivity contribution in [2.24, 2.45) is 0 Å². The third-order valence-corrected chi connectivity index (χ3v) is 5.06. The number of nitrogens with one attached hydrogen (secondary N) is 1. The van der Waals surface area contributed by atoms with E-state index in [0.717, 1.165) is 36.3 Å². The SMILES string of the molecule is O=C(Cc1cn(-c2ccccc2)nc1-c1ccc([N+](=O)[O-])cc1)NC[C@@H]1CCCO1. The lowest BCUT2D eigenvalue weighted by molar-refractivity contribution is -0.384. The first-order valence-electron chi connectivity index (χ1n) is 9.87. The van der Waals surface area contributed by atoms with Gasteiger partial charge in [0.2, 0.25) is 5.91 Å². The zero-order valence-electron chi connectivity index (χ0n) is 16.4. The molecule has 1 fully saturated rings. The Hall–Kier alpha value is -3.52. The minimum atomic E-state index is -0.439. The molecule has 0 spiro atoms. The molecule has 0 unspecified atom stereocenters. The van der Waals surface area contributed by atoms with Crippen LogP contribution in [0.3, 0.4) is 0 Å². The number of carbonyl (C=O) groups is 1. The van der Waals surface area contributed by atoms with Gasteiger partial charge in [0.25, 0.3) is 5.69 Å². The molecule has 8 heteroatoms. The Labute approximate surface area is 173 Å². The van der Waals surface area contributed by atoms with Crippen molar-refractivity contribution in [3.8, 4) is 16.9 Å². The lowest BCUT2D eigenvalue weighted by Crippen LogP contribution is -2.32. The molecule has 1 N–H and O–H groups in total. The van der Waals surface area contributed by atoms with Gasteiger partial charge in [0.1, 0.15) is 0 Å². The molecule has 0 aliphatic carbocycles. The third kappa shape index (κ3) is 4.55. The van der Waals surface area contributed by atoms with Gasteiger partial charge >= 0.3 is 0 Å². The molecule has 1 aromatic heterocycles. The van der Waals surface area contributed by atoms with E-state index in [9.17, 15) is 14.9 Å². The topological polar surface area (TPSA) is 99.3 Å². The molecule has 2 heterocycles. The molecule has 1 aliphatic rings. The molecule has 4 rings (SSSR count). The smallest absolute Gasteiger partial charge is 0.269 e. The lowest BCUT2D eigenvalue weighted by atomic mass is 10.1. The Morgan fingerprint density at radius 1 is 1.20 bits per heavy atom. The van der Waals surface area contributed by atoms with Crippen LogP contribution in [-0.4, -0.2) is 39.9 Å². The first-order valence-corrected chi connectivity index (χ1v) is 9.87. The number of aromatic nitrogens is 2. The quantitative estimate of drug-likeness (QED) is 0.479. The van der Waals surface area contributed by atoms with Crippen LogP contribution in [0.1, 0.15) is 18.4 Å². The number of benzene rings is 2. The molecule has 0 radical (unpaired) electrons. The van der Waals surface area contributed by atoms with Gasteiger partial charge in [0.15, 0.2) is 0 Å². The predicted octanol–water partition coefficient (Wildman–Crippen LogP) is 3.29. The number of hydrogen-bond donors (Lipinski definition) is 1. The van der Waals surface area contributed by atoms with Gasteiger partial charge in [-0.25, -0.2) is 4.68 Å². The van der Waals surface area contributed by atoms with Crippen molar-refractivity contribution in [1.82, 2.24) is 15.1 Å². The highest BCUT2D eigenvalue weighted by Gasteiger charge is 2.19. The molecule has 154 valence electrons. The summed E-state index contributed by atoms with van der Waals surface area (Å²) in [6.07, 6.45) is 4.05. The second kappa shape index (κ2) is 8.87. The molecule has 0 saturated carbocycles. The summed E-state index contributed by atoms with van der Waals surface area (Å²) in [6, 6.07) is 15.8. The predicted molar refractivity (Wildman–Crippen MR) is 111 cm³/mol. The Balaban J connectivity index is 1.59. The van der Waals surface area contributed by atoms with E-state index in [1.165, 1.54) is 12.1 Å². The van der Waals surface area contributed by atoms with Crippen LogP contribution >= 0.6 is 0 Å². The van der Waals surface area contributed by atoms with Gasteiger partial charge in [-0.15, -0.1) is 0 Å². The molecule has 30 heavy (non-hydrogen) atoms. The van der Waals surface area contributed by atoms with Crippen LogP contribution in [0.25, 0.3) is 16.9 Å². The summed E-state index contributed by atoms with van der Waals surface area (Å²) in [7, 11) is 0. The van der Waals surface area contributed by atoms with Crippen molar-refractivity contribution < 1.29 is 14.5 Å². The molecule has 2 aromatic carbocycles. The second-order valence-electron chi connectivity index (χ2n) is 7.20. The van der Waals surface area contributed by atoms with E-state index in [1.54, 1.807) is 16.8 Å². The van der Waals surface area contributed by atoms with Gasteiger partial charge < -0.3 is 10.1 Å². The molecule has 3 aromatic rings. The molecule has 1 amide bonds. The van der Waals surface area contributed by atoms with Crippen molar-refractivity contribution >= 4 is 11.6 Å². The van der Waals surface area contributed by atoms with Crippen molar-refractivity contribution in [3.63, 3.8) is 0 Å². The average molecular weight is 406 g/mol. The zero-order valence-corrected chi connectivity index (χ0v) is 16.4. The van der Waals surface area contributed by atoms with E-state index in [4.69, 9.17) is 4.74 Å². The van der Waals surface area contributed by atoms with Crippen molar-refractivity contribution in [3.05, 3.63) is 76.5 Å². The monoisotopic (exact) mass is 406 g/mol. The Bertz CT molecular complexity index is 1030. The third-order valence-electron chi connectivity index (χ3n) is 5.06. The van der Waals surface area contributed by atoms with E-state index in [1.807, 2.05) is 36.5 Å². The molecular formula is C22H22N4O4. The summed E-state index contributed by atoms with van der Waals surface area (Å²) >= 11 is 0. The number of carbonyl (C=O) groups excluding carboxylic acids is 1. The summed E-state index contributed by atoms with van der Waals surface area (Å²) in [5.74, 6) is -0.110. The fourth-order valence-corrected chi connectivity index (χ4v) is 3.50. The van der Waals surface area contributed by atoms with E-state index in [0.29, 0.717) is 12.2 Å². The van der Waals surface area contributed by atoms with Gasteiger partial charge in [0, 0.05) is 42.6 Å². The Kier molecular flexibility index (Phi) is 5.85. The normalized spacial score (nSPS) is 15.8. The number of nitro benzene ring substituents is 1. The van der Waals surface area contributed by atoms with Crippen molar-refractivity contribution in [2.75, 3.05) is 13.2 Å². The average Bonchev–Trinajstić information content (AvgIpc) is 3.43. The summed E-state index contributed by atoms with van der Waals surface area (Å²) < 4.78 is 7.27. The van der Waals surface area contributed by atoms with Crippen LogP contribution in [0, 0.1) is 10.1 Å². The van der Waals surface area contributed by atoms with Crippen molar-refractivity contribution in [2.45, 2.75) is 25.4 Å². The maximum absolute atomic E-state index is 12.5.